The minimum atomic E-state index is -1.26. The predicted octanol–water partition coefficient (Wildman–Crippen LogP) is 7.21. The largest absolute Gasteiger partial charge is 0.491 e. The van der Waals surface area contributed by atoms with Gasteiger partial charge in [0.1, 0.15) is 17.1 Å². The van der Waals surface area contributed by atoms with E-state index < -0.39 is 17.8 Å². The summed E-state index contributed by atoms with van der Waals surface area (Å²) >= 11 is 0. The van der Waals surface area contributed by atoms with E-state index in [0.717, 1.165) is 19.3 Å². The molecule has 0 aliphatic rings. The van der Waals surface area contributed by atoms with Gasteiger partial charge in [-0.2, -0.15) is 0 Å². The molecule has 1 aromatic heterocycles. The zero-order chi connectivity index (χ0) is 27.8. The van der Waals surface area contributed by atoms with Crippen molar-refractivity contribution in [3.05, 3.63) is 59.9 Å². The normalized spacial score (nSPS) is 10.7. The van der Waals surface area contributed by atoms with Gasteiger partial charge in [-0.25, -0.2) is 14.6 Å². The number of carbonyl (C=O) groups is 3. The van der Waals surface area contributed by atoms with E-state index in [9.17, 15) is 19.5 Å². The number of unbranched alkanes of at least 4 members (excludes halogenated alkanes) is 11. The van der Waals surface area contributed by atoms with Gasteiger partial charge < -0.3 is 20.3 Å². The van der Waals surface area contributed by atoms with Crippen LogP contribution in [0.25, 0.3) is 5.57 Å². The van der Waals surface area contributed by atoms with Crippen molar-refractivity contribution in [2.24, 2.45) is 0 Å². The Labute approximate surface area is 225 Å². The summed E-state index contributed by atoms with van der Waals surface area (Å²) in [6.45, 7) is 6.22. The highest BCUT2D eigenvalue weighted by Gasteiger charge is 2.19. The van der Waals surface area contributed by atoms with Crippen LogP contribution in [0.3, 0.4) is 0 Å². The van der Waals surface area contributed by atoms with Crippen LogP contribution < -0.4 is 10.1 Å². The molecule has 0 bridgehead atoms. The molecule has 1 heterocycles. The molecule has 2 rings (SSSR count). The second-order valence-electron chi connectivity index (χ2n) is 9.40. The number of ether oxygens (including phenoxy) is 1. The first-order chi connectivity index (χ1) is 18.3. The summed E-state index contributed by atoms with van der Waals surface area (Å²) in [6, 6.07) is 8.74. The van der Waals surface area contributed by atoms with E-state index in [2.05, 4.69) is 23.8 Å². The third kappa shape index (κ3) is 10.7. The highest BCUT2D eigenvalue weighted by molar-refractivity contribution is 6.15. The summed E-state index contributed by atoms with van der Waals surface area (Å²) in [5.41, 5.74) is -0.0266. The van der Waals surface area contributed by atoms with Gasteiger partial charge in [-0.3, -0.25) is 4.79 Å². The molecule has 0 aliphatic heterocycles. The summed E-state index contributed by atoms with van der Waals surface area (Å²) in [6.07, 6.45) is 14.7. The maximum atomic E-state index is 12.7. The fourth-order valence-electron chi connectivity index (χ4n) is 4.06. The van der Waals surface area contributed by atoms with Gasteiger partial charge in [0.2, 0.25) is 0 Å². The molecule has 206 valence electrons. The molecule has 0 spiro atoms. The molecular formula is C30H40N2O6. The number of benzene rings is 1. The van der Waals surface area contributed by atoms with Crippen molar-refractivity contribution in [3.63, 3.8) is 0 Å². The van der Waals surface area contributed by atoms with Crippen molar-refractivity contribution < 1.29 is 29.3 Å². The van der Waals surface area contributed by atoms with E-state index in [1.165, 1.54) is 88.1 Å². The van der Waals surface area contributed by atoms with Gasteiger partial charge in [0, 0.05) is 5.69 Å². The number of nitrogens with one attached hydrogen (secondary N) is 1. The number of aliphatic carboxylic acids is 1. The summed E-state index contributed by atoms with van der Waals surface area (Å²) in [5, 5.41) is 21.2. The number of hydrogen-bond acceptors (Lipinski definition) is 5. The molecule has 3 N–H and O–H groups in total. The zero-order valence-corrected chi connectivity index (χ0v) is 22.3. The topological polar surface area (TPSA) is 126 Å². The van der Waals surface area contributed by atoms with Crippen LogP contribution in [0.1, 0.15) is 111 Å². The third-order valence-corrected chi connectivity index (χ3v) is 6.26. The van der Waals surface area contributed by atoms with Crippen LogP contribution in [0.15, 0.2) is 43.0 Å². The molecule has 0 radical (unpaired) electrons. The second-order valence-corrected chi connectivity index (χ2v) is 9.40. The number of rotatable bonds is 19. The van der Waals surface area contributed by atoms with Gasteiger partial charge in [-0.15, -0.1) is 0 Å². The summed E-state index contributed by atoms with van der Waals surface area (Å²) < 4.78 is 5.81. The lowest BCUT2D eigenvalue weighted by Gasteiger charge is -2.13. The van der Waals surface area contributed by atoms with Crippen molar-refractivity contribution >= 4 is 29.1 Å². The second kappa shape index (κ2) is 16.9. The van der Waals surface area contributed by atoms with E-state index in [4.69, 9.17) is 9.84 Å². The molecule has 38 heavy (non-hydrogen) atoms. The maximum absolute atomic E-state index is 12.7. The highest BCUT2D eigenvalue weighted by atomic mass is 16.5. The molecule has 0 atom stereocenters. The van der Waals surface area contributed by atoms with Crippen LogP contribution in [0.5, 0.6) is 5.75 Å². The van der Waals surface area contributed by atoms with Crippen LogP contribution >= 0.6 is 0 Å². The predicted molar refractivity (Wildman–Crippen MR) is 149 cm³/mol. The molecule has 0 aliphatic carbocycles. The molecule has 0 saturated heterocycles. The Morgan fingerprint density at radius 1 is 0.868 bits per heavy atom. The number of nitrogens with zero attached hydrogens (tertiary/aromatic N) is 1. The quantitative estimate of drug-likeness (QED) is 0.131. The molecule has 1 aromatic carbocycles. The van der Waals surface area contributed by atoms with E-state index in [1.807, 2.05) is 0 Å². The van der Waals surface area contributed by atoms with Crippen LogP contribution in [0, 0.1) is 0 Å². The average molecular weight is 525 g/mol. The molecule has 0 unspecified atom stereocenters. The lowest BCUT2D eigenvalue weighted by Crippen LogP contribution is -2.16. The first-order valence-corrected chi connectivity index (χ1v) is 13.5. The summed E-state index contributed by atoms with van der Waals surface area (Å²) in [4.78, 5) is 39.6. The fraction of sp³-hybridized carbons (Fsp3) is 0.467. The van der Waals surface area contributed by atoms with Crippen molar-refractivity contribution in [2.45, 2.75) is 84.0 Å². The lowest BCUT2D eigenvalue weighted by molar-refractivity contribution is -0.130. The summed E-state index contributed by atoms with van der Waals surface area (Å²) in [7, 11) is 0. The standard InChI is InChI=1S/C30H40N2O6/c1-3-4-5-6-7-8-9-10-11-12-13-14-20-38-26-19-18-25(32-27(26)22(2)29(34)35)28(33)31-24-17-15-16-23(21-24)30(36)37/h15-19,21H,2-14,20H2,1H3,(H,31,33)(H,34,35)(H,36,37). The van der Waals surface area contributed by atoms with Gasteiger partial charge in [-0.1, -0.05) is 90.2 Å². The van der Waals surface area contributed by atoms with Crippen LogP contribution in [-0.2, 0) is 4.79 Å². The number of anilines is 1. The zero-order valence-electron chi connectivity index (χ0n) is 22.3. The first-order valence-electron chi connectivity index (χ1n) is 13.5. The Kier molecular flexibility index (Phi) is 13.6. The SMILES string of the molecule is C=C(C(=O)O)c1nc(C(=O)Nc2cccc(C(=O)O)c2)ccc1OCCCCCCCCCCCCCC. The smallest absolute Gasteiger partial charge is 0.337 e. The first kappa shape index (κ1) is 30.5. The molecule has 1 amide bonds. The van der Waals surface area contributed by atoms with Gasteiger partial charge in [-0.05, 0) is 36.8 Å². The number of aromatic nitrogens is 1. The van der Waals surface area contributed by atoms with E-state index >= 15 is 0 Å². The minimum Gasteiger partial charge on any atom is -0.491 e. The van der Waals surface area contributed by atoms with Crippen LogP contribution in [0.2, 0.25) is 0 Å². The number of carboxylic acid groups (broad SMARTS) is 2. The Morgan fingerprint density at radius 3 is 2.05 bits per heavy atom. The minimum absolute atomic E-state index is 0.0108. The maximum Gasteiger partial charge on any atom is 0.337 e. The van der Waals surface area contributed by atoms with Crippen molar-refractivity contribution in [1.29, 1.82) is 0 Å². The molecule has 2 aromatic rings. The third-order valence-electron chi connectivity index (χ3n) is 6.26. The fourth-order valence-corrected chi connectivity index (χ4v) is 4.06. The van der Waals surface area contributed by atoms with Gasteiger partial charge in [0.15, 0.2) is 0 Å². The van der Waals surface area contributed by atoms with Crippen molar-refractivity contribution in [1.82, 2.24) is 4.98 Å². The summed E-state index contributed by atoms with van der Waals surface area (Å²) in [5.74, 6) is -2.74. The number of hydrogen-bond donors (Lipinski definition) is 3. The van der Waals surface area contributed by atoms with Gasteiger partial charge >= 0.3 is 11.9 Å². The number of aromatic carboxylic acids is 1. The monoisotopic (exact) mass is 524 g/mol. The van der Waals surface area contributed by atoms with Gasteiger partial charge in [0.05, 0.1) is 17.7 Å². The number of pyridine rings is 1. The molecule has 0 fully saturated rings. The highest BCUT2D eigenvalue weighted by Crippen LogP contribution is 2.25. The molecule has 8 heteroatoms. The number of carboxylic acids is 2. The van der Waals surface area contributed by atoms with E-state index in [1.54, 1.807) is 6.07 Å². The molecule has 0 saturated carbocycles. The Balaban J connectivity index is 1.84. The van der Waals surface area contributed by atoms with Crippen LogP contribution in [0.4, 0.5) is 5.69 Å². The number of amides is 1. The molecular weight excluding hydrogens is 484 g/mol. The average Bonchev–Trinajstić information content (AvgIpc) is 2.91. The van der Waals surface area contributed by atoms with Crippen molar-refractivity contribution in [3.8, 4) is 5.75 Å². The lowest BCUT2D eigenvalue weighted by atomic mass is 10.1. The Morgan fingerprint density at radius 2 is 1.47 bits per heavy atom. The molecule has 8 nitrogen and oxygen atoms in total. The Hall–Kier alpha value is -3.68. The van der Waals surface area contributed by atoms with Gasteiger partial charge in [0.25, 0.3) is 5.91 Å². The van der Waals surface area contributed by atoms with E-state index in [0.29, 0.717) is 6.61 Å². The van der Waals surface area contributed by atoms with Crippen LogP contribution in [-0.4, -0.2) is 39.6 Å². The number of carbonyl (C=O) groups excluding carboxylic acids is 1. The Bertz CT molecular complexity index is 1080. The van der Waals surface area contributed by atoms with Crippen molar-refractivity contribution in [2.75, 3.05) is 11.9 Å². The van der Waals surface area contributed by atoms with E-state index in [-0.39, 0.29) is 34.0 Å².